The van der Waals surface area contributed by atoms with Crippen molar-refractivity contribution in [1.29, 1.82) is 0 Å². The normalized spacial score (nSPS) is 11.8. The van der Waals surface area contributed by atoms with E-state index in [0.717, 1.165) is 79.4 Å². The summed E-state index contributed by atoms with van der Waals surface area (Å²) in [6.07, 6.45) is 16.0. The van der Waals surface area contributed by atoms with E-state index >= 15 is 0 Å². The lowest BCUT2D eigenvalue weighted by Gasteiger charge is -2.22. The fourth-order valence-corrected chi connectivity index (χ4v) is 8.76. The van der Waals surface area contributed by atoms with Crippen molar-refractivity contribution in [3.63, 3.8) is 0 Å². The van der Waals surface area contributed by atoms with Crippen LogP contribution in [0.25, 0.3) is 22.2 Å². The molecule has 0 saturated carbocycles. The summed E-state index contributed by atoms with van der Waals surface area (Å²) >= 11 is 1.88. The highest BCUT2D eigenvalue weighted by molar-refractivity contribution is 7.99. The molecule has 0 aliphatic carbocycles. The minimum atomic E-state index is -0.959. The smallest absolute Gasteiger partial charge is 0.309 e. The summed E-state index contributed by atoms with van der Waals surface area (Å²) in [5.74, 6) is 2.66. The molecule has 1 N–H and O–H groups in total. The largest absolute Gasteiger partial charge is 0.487 e. The maximum Gasteiger partial charge on any atom is 0.309 e. The molecule has 0 unspecified atom stereocenters. The lowest BCUT2D eigenvalue weighted by molar-refractivity contribution is -0.146. The molecule has 300 valence electrons. The van der Waals surface area contributed by atoms with Gasteiger partial charge in [-0.25, -0.2) is 4.98 Å². The molecule has 0 aliphatic heterocycles. The lowest BCUT2D eigenvalue weighted by Crippen LogP contribution is -2.27. The van der Waals surface area contributed by atoms with Crippen LogP contribution in [0.1, 0.15) is 108 Å². The predicted octanol–water partition coefficient (Wildman–Crippen LogP) is 11.8. The van der Waals surface area contributed by atoms with E-state index in [2.05, 4.69) is 74.3 Å². The zero-order valence-electron chi connectivity index (χ0n) is 34.4. The maximum atomic E-state index is 12.7. The Morgan fingerprint density at radius 2 is 1.51 bits per heavy atom. The van der Waals surface area contributed by atoms with E-state index in [0.29, 0.717) is 26.1 Å². The Labute approximate surface area is 343 Å². The van der Waals surface area contributed by atoms with Crippen molar-refractivity contribution in [3.05, 3.63) is 126 Å². The average molecular weight is 786 g/mol. The third-order valence-corrected chi connectivity index (χ3v) is 12.3. The van der Waals surface area contributed by atoms with Crippen molar-refractivity contribution in [2.24, 2.45) is 11.3 Å². The number of carboxylic acids is 1. The second kappa shape index (κ2) is 20.0. The number of thioether (sulfide) groups is 1. The van der Waals surface area contributed by atoms with Crippen LogP contribution in [0.3, 0.4) is 0 Å². The molecule has 4 aromatic heterocycles. The number of pyridine rings is 2. The third-order valence-electron chi connectivity index (χ3n) is 11.0. The molecule has 4 heterocycles. The van der Waals surface area contributed by atoms with Gasteiger partial charge >= 0.3 is 5.97 Å². The Balaban J connectivity index is 1.33. The third kappa shape index (κ3) is 10.9. The summed E-state index contributed by atoms with van der Waals surface area (Å²) in [4.78, 5) is 27.5. The molecule has 8 nitrogen and oxygen atoms in total. The second-order valence-electron chi connectivity index (χ2n) is 16.0. The summed E-state index contributed by atoms with van der Waals surface area (Å²) in [6, 6.07) is 26.9. The Bertz CT molecular complexity index is 2170. The van der Waals surface area contributed by atoms with Gasteiger partial charge in [0.05, 0.1) is 35.2 Å². The van der Waals surface area contributed by atoms with Gasteiger partial charge in [0.2, 0.25) is 0 Å². The van der Waals surface area contributed by atoms with E-state index in [1.165, 1.54) is 44.9 Å². The highest BCUT2D eigenvalue weighted by Gasteiger charge is 2.32. The maximum absolute atomic E-state index is 12.7. The molecule has 6 aromatic rings. The molecule has 0 saturated heterocycles. The van der Waals surface area contributed by atoms with Gasteiger partial charge < -0.3 is 19.0 Å². The fraction of sp³-hybridized carbons (Fsp3) is 0.417. The van der Waals surface area contributed by atoms with Crippen molar-refractivity contribution >= 4 is 28.6 Å². The molecule has 6 rings (SSSR count). The van der Waals surface area contributed by atoms with Gasteiger partial charge in [-0.05, 0) is 98.9 Å². The molecule has 2 aromatic carbocycles. The number of fused-ring (bicyclic) bond motifs is 1. The van der Waals surface area contributed by atoms with E-state index in [1.807, 2.05) is 87.4 Å². The van der Waals surface area contributed by atoms with Gasteiger partial charge in [0.1, 0.15) is 18.2 Å². The monoisotopic (exact) mass is 785 g/mol. The van der Waals surface area contributed by atoms with Crippen LogP contribution in [0.5, 0.6) is 5.75 Å². The van der Waals surface area contributed by atoms with Crippen molar-refractivity contribution in [2.75, 3.05) is 5.75 Å². The molecule has 0 fully saturated rings. The summed E-state index contributed by atoms with van der Waals surface area (Å²) in [7, 11) is 0. The first kappa shape index (κ1) is 41.7. The van der Waals surface area contributed by atoms with Gasteiger partial charge in [0.15, 0.2) is 0 Å². The van der Waals surface area contributed by atoms with Crippen LogP contribution in [0.2, 0.25) is 0 Å². The Morgan fingerprint density at radius 3 is 2.16 bits per heavy atom. The molecule has 9 heteroatoms. The number of nitrogens with zero attached hydrogens (tertiary/aromatic N) is 5. The number of ether oxygens (including phenoxy) is 1. The van der Waals surface area contributed by atoms with Crippen LogP contribution in [0.15, 0.2) is 102 Å². The first-order chi connectivity index (χ1) is 27.7. The molecular weight excluding hydrogens is 727 g/mol. The summed E-state index contributed by atoms with van der Waals surface area (Å²) in [5.41, 5.74) is 6.30. The van der Waals surface area contributed by atoms with Gasteiger partial charge in [-0.1, -0.05) is 88.8 Å². The zero-order chi connectivity index (χ0) is 40.2. The van der Waals surface area contributed by atoms with E-state index in [4.69, 9.17) is 4.74 Å². The first-order valence-electron chi connectivity index (χ1n) is 20.7. The number of unbranched alkanes of at least 4 members (excludes halogenated alkanes) is 2. The van der Waals surface area contributed by atoms with E-state index < -0.39 is 11.4 Å². The van der Waals surface area contributed by atoms with Crippen molar-refractivity contribution in [3.8, 4) is 17.0 Å². The summed E-state index contributed by atoms with van der Waals surface area (Å²) in [5, 5.41) is 11.5. The van der Waals surface area contributed by atoms with E-state index in [9.17, 15) is 9.90 Å². The molecule has 0 bridgehead atoms. The number of rotatable bonds is 22. The number of carbonyl (C=O) groups is 1. The predicted molar refractivity (Wildman–Crippen MR) is 233 cm³/mol. The van der Waals surface area contributed by atoms with Crippen LogP contribution in [-0.2, 0) is 30.9 Å². The number of aryl methyl sites for hydroxylation is 1. The van der Waals surface area contributed by atoms with Crippen LogP contribution in [-0.4, -0.2) is 40.9 Å². The summed E-state index contributed by atoms with van der Waals surface area (Å²) < 4.78 is 10.9. The van der Waals surface area contributed by atoms with Gasteiger partial charge in [-0.3, -0.25) is 14.8 Å². The average Bonchev–Trinajstić information content (AvgIpc) is 3.72. The van der Waals surface area contributed by atoms with Gasteiger partial charge in [0.25, 0.3) is 0 Å². The number of aromatic nitrogens is 5. The van der Waals surface area contributed by atoms with Crippen LogP contribution in [0.4, 0.5) is 0 Å². The van der Waals surface area contributed by atoms with Crippen molar-refractivity contribution in [1.82, 2.24) is 24.1 Å². The minimum absolute atomic E-state index is 0.373. The van der Waals surface area contributed by atoms with Crippen LogP contribution < -0.4 is 4.74 Å². The van der Waals surface area contributed by atoms with E-state index in [1.54, 1.807) is 6.20 Å². The topological polar surface area (TPSA) is 95.1 Å². The van der Waals surface area contributed by atoms with Crippen LogP contribution in [0, 0.1) is 18.3 Å². The molecule has 0 spiro atoms. The number of aliphatic carboxylic acids is 1. The number of hydrogen-bond acceptors (Lipinski definition) is 6. The van der Waals surface area contributed by atoms with E-state index in [-0.39, 0.29) is 0 Å². The molecule has 0 aliphatic rings. The number of hydrogen-bond donors (Lipinski definition) is 1. The lowest BCUT2D eigenvalue weighted by atomic mass is 9.88. The van der Waals surface area contributed by atoms with Crippen molar-refractivity contribution < 1.29 is 14.6 Å². The van der Waals surface area contributed by atoms with Crippen LogP contribution >= 0.6 is 11.8 Å². The SMILES string of the molecule is CCCCC(CCCC)CCCSc1c(CC(C)(C)C(=O)O)n(Cc2ccc(-c3cnc(C)n3Cc3ccccn3)cc2)c2ccc(OCc3ccccn3)cc12. The van der Waals surface area contributed by atoms with Gasteiger partial charge in [0, 0.05) is 46.9 Å². The van der Waals surface area contributed by atoms with Crippen molar-refractivity contribution in [2.45, 2.75) is 117 Å². The Morgan fingerprint density at radius 1 is 0.825 bits per heavy atom. The quantitative estimate of drug-likeness (QED) is 0.0541. The highest BCUT2D eigenvalue weighted by atomic mass is 32.2. The minimum Gasteiger partial charge on any atom is -0.487 e. The molecule has 0 atom stereocenters. The molecule has 0 radical (unpaired) electrons. The fourth-order valence-electron chi connectivity index (χ4n) is 7.58. The first-order valence-corrected chi connectivity index (χ1v) is 21.7. The Kier molecular flexibility index (Phi) is 14.6. The molecule has 0 amide bonds. The number of carboxylic acid groups (broad SMARTS) is 1. The summed E-state index contributed by atoms with van der Waals surface area (Å²) in [6.45, 7) is 11.9. The zero-order valence-corrected chi connectivity index (χ0v) is 35.2. The Hall–Kier alpha value is -4.89. The standard InChI is InChI=1S/C48H59N5O3S/c1-6-8-15-36(16-9-7-2)17-14-28-57-46-42-29-41(56-34-40-19-11-13-27-50-40)24-25-43(42)53(44(46)30-48(4,5)47(54)55)32-37-20-22-38(23-21-37)45-31-51-35(3)52(45)33-39-18-10-12-26-49-39/h10-13,18-27,29,31,36H,6-9,14-17,28,30,32-34H2,1-5H3,(H,54,55). The molecular formula is C48H59N5O3S. The van der Waals surface area contributed by atoms with Gasteiger partial charge in [-0.15, -0.1) is 11.8 Å². The number of imidazole rings is 1. The molecule has 57 heavy (non-hydrogen) atoms. The second-order valence-corrected chi connectivity index (χ2v) is 17.1. The number of benzene rings is 2. The highest BCUT2D eigenvalue weighted by Crippen LogP contribution is 2.41. The van der Waals surface area contributed by atoms with Gasteiger partial charge in [-0.2, -0.15) is 0 Å².